The molecule has 0 spiro atoms. The molecular formula is C20H21N3O5. The lowest BCUT2D eigenvalue weighted by Gasteiger charge is -2.29. The highest BCUT2D eigenvalue weighted by atomic mass is 16.5. The van der Waals surface area contributed by atoms with Crippen LogP contribution >= 0.6 is 0 Å². The number of rotatable bonds is 9. The highest BCUT2D eigenvalue weighted by Gasteiger charge is 2.38. The Balaban J connectivity index is 1.59. The van der Waals surface area contributed by atoms with Crippen molar-refractivity contribution in [2.75, 3.05) is 6.54 Å². The summed E-state index contributed by atoms with van der Waals surface area (Å²) in [6, 6.07) is 10.6. The predicted molar refractivity (Wildman–Crippen MR) is 99.4 cm³/mol. The standard InChI is InChI=1S/C20H21N3O5/c1-2-20(19(25)26,15-6-4-3-5-7-15)13-21-16(24)8-9-17-22-18(23-28-17)14-10-11-27-12-14/h3-7,10-12H,2,8-9,13H2,1H3,(H,21,24)(H,25,26). The Bertz CT molecular complexity index is 920. The first-order valence-electron chi connectivity index (χ1n) is 8.96. The summed E-state index contributed by atoms with van der Waals surface area (Å²) in [5, 5.41) is 16.4. The summed E-state index contributed by atoms with van der Waals surface area (Å²) in [6.07, 6.45) is 3.73. The summed E-state index contributed by atoms with van der Waals surface area (Å²) in [5.74, 6) is -0.528. The Labute approximate surface area is 161 Å². The molecule has 0 saturated carbocycles. The molecule has 8 heteroatoms. The van der Waals surface area contributed by atoms with Gasteiger partial charge in [-0.2, -0.15) is 4.98 Å². The molecule has 0 saturated heterocycles. The first kappa shape index (κ1) is 19.3. The molecule has 3 aromatic rings. The minimum atomic E-state index is -1.17. The third kappa shape index (κ3) is 4.11. The number of hydrogen-bond acceptors (Lipinski definition) is 6. The van der Waals surface area contributed by atoms with Gasteiger partial charge in [0.25, 0.3) is 0 Å². The number of carbonyl (C=O) groups is 2. The highest BCUT2D eigenvalue weighted by Crippen LogP contribution is 2.28. The summed E-state index contributed by atoms with van der Waals surface area (Å²) in [4.78, 5) is 28.4. The number of carboxylic acid groups (broad SMARTS) is 1. The van der Waals surface area contributed by atoms with Crippen molar-refractivity contribution in [2.45, 2.75) is 31.6 Å². The molecule has 0 aliphatic carbocycles. The maximum Gasteiger partial charge on any atom is 0.315 e. The average molecular weight is 383 g/mol. The summed E-state index contributed by atoms with van der Waals surface area (Å²) < 4.78 is 10.1. The van der Waals surface area contributed by atoms with Crippen molar-refractivity contribution in [3.8, 4) is 11.4 Å². The van der Waals surface area contributed by atoms with Crippen molar-refractivity contribution in [1.29, 1.82) is 0 Å². The number of furan rings is 1. The number of benzene rings is 1. The fraction of sp³-hybridized carbons (Fsp3) is 0.300. The van der Waals surface area contributed by atoms with Gasteiger partial charge in [0.05, 0.1) is 11.8 Å². The van der Waals surface area contributed by atoms with Gasteiger partial charge in [-0.1, -0.05) is 42.4 Å². The SMILES string of the molecule is CCC(CNC(=O)CCc1nc(-c2ccoc2)no1)(C(=O)O)c1ccccc1. The number of hydrogen-bond donors (Lipinski definition) is 2. The van der Waals surface area contributed by atoms with Crippen LogP contribution in [0.25, 0.3) is 11.4 Å². The van der Waals surface area contributed by atoms with Crippen molar-refractivity contribution in [1.82, 2.24) is 15.5 Å². The Morgan fingerprint density at radius 1 is 1.21 bits per heavy atom. The molecular weight excluding hydrogens is 362 g/mol. The molecule has 1 unspecified atom stereocenters. The van der Waals surface area contributed by atoms with Crippen LogP contribution in [0.15, 0.2) is 57.9 Å². The number of aromatic nitrogens is 2. The summed E-state index contributed by atoms with van der Waals surface area (Å²) >= 11 is 0. The van der Waals surface area contributed by atoms with Gasteiger partial charge in [0, 0.05) is 19.4 Å². The van der Waals surface area contributed by atoms with Crippen LogP contribution in [0.2, 0.25) is 0 Å². The topological polar surface area (TPSA) is 118 Å². The van der Waals surface area contributed by atoms with Crippen molar-refractivity contribution in [3.05, 3.63) is 60.4 Å². The summed E-state index contributed by atoms with van der Waals surface area (Å²) in [5.41, 5.74) is 0.180. The van der Waals surface area contributed by atoms with E-state index in [1.165, 1.54) is 12.5 Å². The predicted octanol–water partition coefficient (Wildman–Crippen LogP) is 2.81. The Hall–Kier alpha value is -3.42. The van der Waals surface area contributed by atoms with E-state index in [4.69, 9.17) is 8.94 Å². The number of nitrogens with one attached hydrogen (secondary N) is 1. The molecule has 0 radical (unpaired) electrons. The van der Waals surface area contributed by atoms with Gasteiger partial charge in [-0.05, 0) is 18.1 Å². The quantitative estimate of drug-likeness (QED) is 0.583. The van der Waals surface area contributed by atoms with Gasteiger partial charge in [0.2, 0.25) is 17.6 Å². The van der Waals surface area contributed by atoms with Gasteiger partial charge in [-0.3, -0.25) is 9.59 Å². The molecule has 1 amide bonds. The largest absolute Gasteiger partial charge is 0.481 e. The van der Waals surface area contributed by atoms with E-state index in [2.05, 4.69) is 15.5 Å². The molecule has 146 valence electrons. The number of nitrogens with zero attached hydrogens (tertiary/aromatic N) is 2. The lowest BCUT2D eigenvalue weighted by atomic mass is 9.78. The van der Waals surface area contributed by atoms with E-state index < -0.39 is 11.4 Å². The average Bonchev–Trinajstić information content (AvgIpc) is 3.39. The van der Waals surface area contributed by atoms with Crippen molar-refractivity contribution in [2.24, 2.45) is 0 Å². The lowest BCUT2D eigenvalue weighted by Crippen LogP contribution is -2.46. The second kappa shape index (κ2) is 8.51. The molecule has 2 N–H and O–H groups in total. The van der Waals surface area contributed by atoms with Crippen LogP contribution in [0.3, 0.4) is 0 Å². The van der Waals surface area contributed by atoms with Crippen LogP contribution in [0.4, 0.5) is 0 Å². The van der Waals surface area contributed by atoms with Gasteiger partial charge < -0.3 is 19.4 Å². The van der Waals surface area contributed by atoms with E-state index in [1.807, 2.05) is 6.07 Å². The van der Waals surface area contributed by atoms with E-state index in [9.17, 15) is 14.7 Å². The Kier molecular flexibility index (Phi) is 5.88. The molecule has 2 aromatic heterocycles. The fourth-order valence-corrected chi connectivity index (χ4v) is 2.96. The molecule has 1 atom stereocenters. The molecule has 0 aliphatic rings. The van der Waals surface area contributed by atoms with E-state index in [0.29, 0.717) is 29.3 Å². The number of amides is 1. The van der Waals surface area contributed by atoms with Gasteiger partial charge in [-0.25, -0.2) is 0 Å². The fourth-order valence-electron chi connectivity index (χ4n) is 2.96. The molecule has 3 rings (SSSR count). The van der Waals surface area contributed by atoms with E-state index >= 15 is 0 Å². The number of aliphatic carboxylic acids is 1. The van der Waals surface area contributed by atoms with E-state index in [1.54, 1.807) is 37.3 Å². The minimum Gasteiger partial charge on any atom is -0.481 e. The van der Waals surface area contributed by atoms with E-state index in [0.717, 1.165) is 0 Å². The maximum atomic E-state index is 12.3. The number of carbonyl (C=O) groups excluding carboxylic acids is 1. The van der Waals surface area contributed by atoms with Crippen molar-refractivity contribution < 1.29 is 23.6 Å². The van der Waals surface area contributed by atoms with Crippen LogP contribution in [-0.4, -0.2) is 33.7 Å². The van der Waals surface area contributed by atoms with Crippen LogP contribution in [0.5, 0.6) is 0 Å². The Morgan fingerprint density at radius 2 is 2.00 bits per heavy atom. The number of aryl methyl sites for hydroxylation is 1. The van der Waals surface area contributed by atoms with Crippen molar-refractivity contribution in [3.63, 3.8) is 0 Å². The third-order valence-electron chi connectivity index (χ3n) is 4.74. The normalized spacial score (nSPS) is 13.0. The first-order chi connectivity index (χ1) is 13.5. The first-order valence-corrected chi connectivity index (χ1v) is 8.96. The van der Waals surface area contributed by atoms with Gasteiger partial charge in [0.15, 0.2) is 0 Å². The monoisotopic (exact) mass is 383 g/mol. The highest BCUT2D eigenvalue weighted by molar-refractivity contribution is 5.83. The maximum absolute atomic E-state index is 12.3. The van der Waals surface area contributed by atoms with Gasteiger partial charge >= 0.3 is 5.97 Å². The van der Waals surface area contributed by atoms with E-state index in [-0.39, 0.29) is 25.3 Å². The number of carboxylic acids is 1. The minimum absolute atomic E-state index is 0.00574. The molecule has 0 fully saturated rings. The smallest absolute Gasteiger partial charge is 0.315 e. The second-order valence-corrected chi connectivity index (χ2v) is 6.41. The van der Waals surface area contributed by atoms with Crippen LogP contribution in [-0.2, 0) is 21.4 Å². The van der Waals surface area contributed by atoms with Crippen LogP contribution in [0.1, 0.15) is 31.2 Å². The van der Waals surface area contributed by atoms with Crippen molar-refractivity contribution >= 4 is 11.9 Å². The molecule has 0 aliphatic heterocycles. The molecule has 28 heavy (non-hydrogen) atoms. The zero-order chi connectivity index (χ0) is 20.0. The summed E-state index contributed by atoms with van der Waals surface area (Å²) in [6.45, 7) is 1.80. The molecule has 8 nitrogen and oxygen atoms in total. The Morgan fingerprint density at radius 3 is 2.64 bits per heavy atom. The van der Waals surface area contributed by atoms with Gasteiger partial charge in [-0.15, -0.1) is 0 Å². The third-order valence-corrected chi connectivity index (χ3v) is 4.74. The van der Waals surface area contributed by atoms with Crippen LogP contribution < -0.4 is 5.32 Å². The lowest BCUT2D eigenvalue weighted by molar-refractivity contribution is -0.144. The zero-order valence-corrected chi connectivity index (χ0v) is 15.4. The molecule has 0 bridgehead atoms. The second-order valence-electron chi connectivity index (χ2n) is 6.41. The zero-order valence-electron chi connectivity index (χ0n) is 15.4. The molecule has 2 heterocycles. The summed E-state index contributed by atoms with van der Waals surface area (Å²) in [7, 11) is 0. The molecule has 1 aromatic carbocycles. The van der Waals surface area contributed by atoms with Gasteiger partial charge in [0.1, 0.15) is 11.7 Å². The van der Waals surface area contributed by atoms with Crippen LogP contribution in [0, 0.1) is 0 Å².